The van der Waals surface area contributed by atoms with Crippen molar-refractivity contribution in [2.45, 2.75) is 50.2 Å². The van der Waals surface area contributed by atoms with Gasteiger partial charge in [-0.15, -0.1) is 0 Å². The molecule has 0 saturated heterocycles. The molecule has 22 heavy (non-hydrogen) atoms. The van der Waals surface area contributed by atoms with Gasteiger partial charge in [0, 0.05) is 37.0 Å². The number of carbonyl (C=O) groups excluding carboxylic acids is 1. The van der Waals surface area contributed by atoms with Crippen LogP contribution in [-0.2, 0) is 4.79 Å². The first-order valence-electron chi connectivity index (χ1n) is 8.55. The van der Waals surface area contributed by atoms with Gasteiger partial charge in [-0.3, -0.25) is 4.79 Å². The fraction of sp³-hybridized carbons (Fsp3) is 0.611. The number of ether oxygens (including phenoxy) is 1. The zero-order valence-corrected chi connectivity index (χ0v) is 12.9. The summed E-state index contributed by atoms with van der Waals surface area (Å²) in [6, 6.07) is 8.69. The molecule has 1 spiro atoms. The number of nitrogens with one attached hydrogen (secondary N) is 2. The molecule has 0 bridgehead atoms. The van der Waals surface area contributed by atoms with Crippen molar-refractivity contribution in [1.82, 2.24) is 10.6 Å². The molecule has 4 nitrogen and oxygen atoms in total. The van der Waals surface area contributed by atoms with Crippen LogP contribution in [0.15, 0.2) is 24.3 Å². The summed E-state index contributed by atoms with van der Waals surface area (Å²) in [5.41, 5.74) is 1.32. The van der Waals surface area contributed by atoms with Crippen molar-refractivity contribution < 1.29 is 9.53 Å². The van der Waals surface area contributed by atoms with Gasteiger partial charge in [-0.1, -0.05) is 18.2 Å². The first-order valence-corrected chi connectivity index (χ1v) is 8.55. The molecule has 1 aromatic carbocycles. The molecule has 1 aromatic rings. The molecule has 0 unspecified atom stereocenters. The lowest BCUT2D eigenvalue weighted by Crippen LogP contribution is -2.49. The van der Waals surface area contributed by atoms with E-state index in [9.17, 15) is 4.79 Å². The Labute approximate surface area is 131 Å². The molecule has 2 saturated carbocycles. The largest absolute Gasteiger partial charge is 0.487 e. The number of rotatable bonds is 5. The van der Waals surface area contributed by atoms with Crippen LogP contribution in [0, 0.1) is 5.92 Å². The number of benzene rings is 1. The Bertz CT molecular complexity index is 564. The molecule has 2 aliphatic carbocycles. The van der Waals surface area contributed by atoms with Crippen LogP contribution in [0.25, 0.3) is 0 Å². The second-order valence-electron chi connectivity index (χ2n) is 6.95. The monoisotopic (exact) mass is 300 g/mol. The Morgan fingerprint density at radius 1 is 1.23 bits per heavy atom. The minimum Gasteiger partial charge on any atom is -0.487 e. The van der Waals surface area contributed by atoms with E-state index in [2.05, 4.69) is 28.8 Å². The average molecular weight is 300 g/mol. The van der Waals surface area contributed by atoms with Crippen molar-refractivity contribution in [2.24, 2.45) is 5.92 Å². The van der Waals surface area contributed by atoms with Gasteiger partial charge in [-0.2, -0.15) is 0 Å². The van der Waals surface area contributed by atoms with Crippen LogP contribution in [0.1, 0.15) is 50.1 Å². The average Bonchev–Trinajstić information content (AvgIpc) is 3.34. The number of hydrogen-bond acceptors (Lipinski definition) is 3. The van der Waals surface area contributed by atoms with Crippen LogP contribution < -0.4 is 15.4 Å². The Kier molecular flexibility index (Phi) is 3.57. The van der Waals surface area contributed by atoms with Gasteiger partial charge in [0.2, 0.25) is 5.91 Å². The second kappa shape index (κ2) is 5.58. The van der Waals surface area contributed by atoms with Gasteiger partial charge in [0.25, 0.3) is 0 Å². The topological polar surface area (TPSA) is 50.4 Å². The highest BCUT2D eigenvalue weighted by Crippen LogP contribution is 2.48. The second-order valence-corrected chi connectivity index (χ2v) is 6.95. The highest BCUT2D eigenvalue weighted by Gasteiger charge is 2.45. The summed E-state index contributed by atoms with van der Waals surface area (Å²) in [7, 11) is 0. The highest BCUT2D eigenvalue weighted by atomic mass is 16.5. The molecule has 1 heterocycles. The van der Waals surface area contributed by atoms with E-state index in [0.29, 0.717) is 18.5 Å². The molecule has 3 aliphatic rings. The van der Waals surface area contributed by atoms with Crippen molar-refractivity contribution in [3.8, 4) is 5.75 Å². The summed E-state index contributed by atoms with van der Waals surface area (Å²) in [6.45, 7) is 1.52. The first kappa shape index (κ1) is 14.1. The number of carbonyl (C=O) groups is 1. The molecule has 4 heteroatoms. The summed E-state index contributed by atoms with van der Waals surface area (Å²) < 4.78 is 6.26. The van der Waals surface area contributed by atoms with Gasteiger partial charge in [0.05, 0.1) is 0 Å². The van der Waals surface area contributed by atoms with Gasteiger partial charge in [0.15, 0.2) is 0 Å². The van der Waals surface area contributed by atoms with Gasteiger partial charge in [-0.25, -0.2) is 0 Å². The predicted octanol–water partition coefficient (Wildman–Crippen LogP) is 2.55. The summed E-state index contributed by atoms with van der Waals surface area (Å²) in [6.07, 6.45) is 6.77. The van der Waals surface area contributed by atoms with E-state index >= 15 is 0 Å². The summed E-state index contributed by atoms with van der Waals surface area (Å²) in [4.78, 5) is 11.7. The Hall–Kier alpha value is -1.55. The van der Waals surface area contributed by atoms with Crippen LogP contribution in [0.2, 0.25) is 0 Å². The van der Waals surface area contributed by atoms with Crippen molar-refractivity contribution in [1.29, 1.82) is 0 Å². The van der Waals surface area contributed by atoms with Crippen molar-refractivity contribution in [3.63, 3.8) is 0 Å². The van der Waals surface area contributed by atoms with E-state index in [4.69, 9.17) is 4.74 Å². The van der Waals surface area contributed by atoms with Crippen LogP contribution >= 0.6 is 0 Å². The lowest BCUT2D eigenvalue weighted by molar-refractivity contribution is -0.122. The van der Waals surface area contributed by atoms with E-state index in [-0.39, 0.29) is 11.5 Å². The third kappa shape index (κ3) is 2.72. The summed E-state index contributed by atoms with van der Waals surface area (Å²) >= 11 is 0. The molecular formula is C18H24N2O2. The van der Waals surface area contributed by atoms with E-state index in [1.165, 1.54) is 12.0 Å². The Balaban J connectivity index is 1.36. The maximum atomic E-state index is 11.7. The van der Waals surface area contributed by atoms with Gasteiger partial charge < -0.3 is 15.4 Å². The fourth-order valence-corrected chi connectivity index (χ4v) is 3.60. The summed E-state index contributed by atoms with van der Waals surface area (Å²) in [5.74, 6) is 1.56. The predicted molar refractivity (Wildman–Crippen MR) is 84.7 cm³/mol. The molecule has 0 aromatic heterocycles. The number of fused-ring (bicyclic) bond motifs is 1. The molecule has 2 fully saturated rings. The summed E-state index contributed by atoms with van der Waals surface area (Å²) in [5, 5.41) is 6.65. The highest BCUT2D eigenvalue weighted by molar-refractivity contribution is 5.80. The first-order chi connectivity index (χ1) is 10.8. The molecule has 2 N–H and O–H groups in total. The minimum absolute atomic E-state index is 0.0588. The number of hydrogen-bond donors (Lipinski definition) is 2. The molecule has 1 aliphatic heterocycles. The lowest BCUT2D eigenvalue weighted by atomic mass is 9.73. The zero-order valence-electron chi connectivity index (χ0n) is 12.9. The van der Waals surface area contributed by atoms with Crippen LogP contribution in [0.4, 0.5) is 0 Å². The van der Waals surface area contributed by atoms with Crippen LogP contribution in [-0.4, -0.2) is 24.6 Å². The Morgan fingerprint density at radius 2 is 2.05 bits per heavy atom. The van der Waals surface area contributed by atoms with Gasteiger partial charge in [0.1, 0.15) is 11.4 Å². The van der Waals surface area contributed by atoms with E-state index in [1.54, 1.807) is 0 Å². The zero-order chi connectivity index (χ0) is 15.0. The van der Waals surface area contributed by atoms with E-state index in [1.807, 2.05) is 6.07 Å². The third-order valence-corrected chi connectivity index (χ3v) is 5.22. The van der Waals surface area contributed by atoms with Crippen LogP contribution in [0.5, 0.6) is 5.75 Å². The number of para-hydroxylation sites is 1. The molecule has 1 amide bonds. The van der Waals surface area contributed by atoms with Crippen LogP contribution in [0.3, 0.4) is 0 Å². The minimum atomic E-state index is 0.0588. The standard InChI is InChI=1S/C18H24N2O2/c21-17(13-6-7-13)20-11-10-19-15-12-18(8-3-9-18)22-16-5-2-1-4-14(15)16/h1-2,4-5,13,15,19H,3,6-12H2,(H,20,21)/t15-/m1/s1. The smallest absolute Gasteiger partial charge is 0.223 e. The molecule has 0 radical (unpaired) electrons. The van der Waals surface area contributed by atoms with Crippen molar-refractivity contribution in [2.75, 3.05) is 13.1 Å². The number of amides is 1. The maximum Gasteiger partial charge on any atom is 0.223 e. The molecular weight excluding hydrogens is 276 g/mol. The van der Waals surface area contributed by atoms with E-state index < -0.39 is 0 Å². The third-order valence-electron chi connectivity index (χ3n) is 5.22. The van der Waals surface area contributed by atoms with Crippen molar-refractivity contribution >= 4 is 5.91 Å². The lowest BCUT2D eigenvalue weighted by Gasteiger charge is -2.48. The van der Waals surface area contributed by atoms with Gasteiger partial charge in [-0.05, 0) is 38.2 Å². The molecule has 1 atom stereocenters. The van der Waals surface area contributed by atoms with E-state index in [0.717, 1.165) is 44.4 Å². The SMILES string of the molecule is O=C(NCCN[C@@H]1CC2(CCC2)Oc2ccccc21)C1CC1. The molecule has 4 rings (SSSR count). The maximum absolute atomic E-state index is 11.7. The quantitative estimate of drug-likeness (QED) is 0.822. The molecule has 118 valence electrons. The van der Waals surface area contributed by atoms with Crippen molar-refractivity contribution in [3.05, 3.63) is 29.8 Å². The normalized spacial score (nSPS) is 25.0. The van der Waals surface area contributed by atoms with Gasteiger partial charge >= 0.3 is 0 Å². The Morgan fingerprint density at radius 3 is 2.77 bits per heavy atom. The fourth-order valence-electron chi connectivity index (χ4n) is 3.60.